The smallest absolute Gasteiger partial charge is 0.303 e. The summed E-state index contributed by atoms with van der Waals surface area (Å²) < 4.78 is 25.9. The summed E-state index contributed by atoms with van der Waals surface area (Å²) in [6.45, 7) is 0. The van der Waals surface area contributed by atoms with Crippen LogP contribution in [0, 0.1) is 0 Å². The maximum Gasteiger partial charge on any atom is 0.303 e. The number of aliphatic carboxylic acids is 2. The third-order valence-electron chi connectivity index (χ3n) is 1.28. The highest BCUT2D eigenvalue weighted by molar-refractivity contribution is 7.85. The van der Waals surface area contributed by atoms with Gasteiger partial charge in [-0.25, -0.2) is 0 Å². The van der Waals surface area contributed by atoms with E-state index in [0.29, 0.717) is 25.5 Å². The number of hydrogen-bond acceptors (Lipinski definition) is 4. The molecule has 0 amide bonds. The Bertz CT molecular complexity index is 282. The van der Waals surface area contributed by atoms with Crippen LogP contribution in [-0.4, -0.2) is 41.4 Å². The molecular formula is C8H16O7S. The number of unbranched alkanes of at least 4 members (excludes halogenated alkanes) is 2. The second-order valence-corrected chi connectivity index (χ2v) is 4.55. The SMILES string of the molecule is CS(=O)(=O)O.O=C(O)CCCCCC(=O)O. The van der Waals surface area contributed by atoms with Gasteiger partial charge >= 0.3 is 11.9 Å². The predicted octanol–water partition coefficient (Wildman–Crippen LogP) is 0.610. The van der Waals surface area contributed by atoms with Crippen LogP contribution in [0.25, 0.3) is 0 Å². The molecule has 0 bridgehead atoms. The first-order valence-corrected chi connectivity index (χ1v) is 6.34. The van der Waals surface area contributed by atoms with E-state index < -0.39 is 22.1 Å². The first-order valence-electron chi connectivity index (χ1n) is 4.49. The molecule has 0 aromatic carbocycles. The minimum atomic E-state index is -3.67. The first kappa shape index (κ1) is 17.3. The van der Waals surface area contributed by atoms with Gasteiger partial charge in [0.1, 0.15) is 0 Å². The molecule has 16 heavy (non-hydrogen) atoms. The minimum absolute atomic E-state index is 0.139. The molecular weight excluding hydrogens is 240 g/mol. The van der Waals surface area contributed by atoms with Gasteiger partial charge in [0, 0.05) is 12.8 Å². The molecule has 0 saturated heterocycles. The third-order valence-corrected chi connectivity index (χ3v) is 1.28. The highest BCUT2D eigenvalue weighted by Crippen LogP contribution is 2.02. The summed E-state index contributed by atoms with van der Waals surface area (Å²) in [5.41, 5.74) is 0. The Balaban J connectivity index is 0. The zero-order valence-corrected chi connectivity index (χ0v) is 9.73. The Hall–Kier alpha value is -1.15. The van der Waals surface area contributed by atoms with E-state index in [0.717, 1.165) is 0 Å². The lowest BCUT2D eigenvalue weighted by atomic mass is 10.1. The van der Waals surface area contributed by atoms with Crippen LogP contribution in [0.4, 0.5) is 0 Å². The number of rotatable bonds is 6. The summed E-state index contributed by atoms with van der Waals surface area (Å²) in [5, 5.41) is 16.4. The lowest BCUT2D eigenvalue weighted by Crippen LogP contribution is -1.96. The zero-order valence-electron chi connectivity index (χ0n) is 8.92. The lowest BCUT2D eigenvalue weighted by Gasteiger charge is -1.94. The van der Waals surface area contributed by atoms with E-state index in [1.165, 1.54) is 0 Å². The highest BCUT2D eigenvalue weighted by atomic mass is 32.2. The number of carboxylic acid groups (broad SMARTS) is 2. The summed E-state index contributed by atoms with van der Waals surface area (Å²) in [4.78, 5) is 20.0. The fraction of sp³-hybridized carbons (Fsp3) is 0.750. The van der Waals surface area contributed by atoms with Crippen molar-refractivity contribution in [1.29, 1.82) is 0 Å². The van der Waals surface area contributed by atoms with Crippen LogP contribution in [0.1, 0.15) is 32.1 Å². The Kier molecular flexibility index (Phi) is 9.82. The van der Waals surface area contributed by atoms with E-state index >= 15 is 0 Å². The van der Waals surface area contributed by atoms with E-state index in [-0.39, 0.29) is 12.8 Å². The zero-order chi connectivity index (χ0) is 13.2. The van der Waals surface area contributed by atoms with Gasteiger partial charge in [-0.05, 0) is 12.8 Å². The summed E-state index contributed by atoms with van der Waals surface area (Å²) in [6.07, 6.45) is 2.82. The summed E-state index contributed by atoms with van der Waals surface area (Å²) >= 11 is 0. The van der Waals surface area contributed by atoms with Crippen LogP contribution < -0.4 is 0 Å². The predicted molar refractivity (Wildman–Crippen MR) is 55.8 cm³/mol. The minimum Gasteiger partial charge on any atom is -0.481 e. The van der Waals surface area contributed by atoms with Gasteiger partial charge in [0.05, 0.1) is 6.26 Å². The van der Waals surface area contributed by atoms with Gasteiger partial charge in [0.15, 0.2) is 0 Å². The molecule has 8 heteroatoms. The van der Waals surface area contributed by atoms with Gasteiger partial charge in [0.2, 0.25) is 0 Å². The van der Waals surface area contributed by atoms with Gasteiger partial charge in [-0.1, -0.05) is 6.42 Å². The van der Waals surface area contributed by atoms with Crippen molar-refractivity contribution < 1.29 is 32.8 Å². The van der Waals surface area contributed by atoms with Crippen LogP contribution in [0.3, 0.4) is 0 Å². The van der Waals surface area contributed by atoms with Crippen LogP contribution in [0.2, 0.25) is 0 Å². The maximum atomic E-state index is 9.98. The molecule has 0 atom stereocenters. The van der Waals surface area contributed by atoms with E-state index in [9.17, 15) is 18.0 Å². The average Bonchev–Trinajstić information content (AvgIpc) is 1.99. The van der Waals surface area contributed by atoms with Crippen LogP contribution in [-0.2, 0) is 19.7 Å². The fourth-order valence-corrected chi connectivity index (χ4v) is 0.729. The molecule has 0 aliphatic carbocycles. The van der Waals surface area contributed by atoms with E-state index in [4.69, 9.17) is 14.8 Å². The molecule has 0 spiro atoms. The monoisotopic (exact) mass is 256 g/mol. The van der Waals surface area contributed by atoms with Crippen LogP contribution in [0.5, 0.6) is 0 Å². The quantitative estimate of drug-likeness (QED) is 0.469. The second-order valence-electron chi connectivity index (χ2n) is 3.08. The molecule has 0 rings (SSSR count). The molecule has 7 nitrogen and oxygen atoms in total. The van der Waals surface area contributed by atoms with Gasteiger partial charge in [0.25, 0.3) is 10.1 Å². The summed E-state index contributed by atoms with van der Waals surface area (Å²) in [7, 11) is -3.67. The van der Waals surface area contributed by atoms with Crippen molar-refractivity contribution in [3.63, 3.8) is 0 Å². The van der Waals surface area contributed by atoms with Crippen molar-refractivity contribution in [3.8, 4) is 0 Å². The van der Waals surface area contributed by atoms with Gasteiger partial charge in [-0.3, -0.25) is 14.1 Å². The Morgan fingerprint density at radius 1 is 0.938 bits per heavy atom. The lowest BCUT2D eigenvalue weighted by molar-refractivity contribution is -0.137. The largest absolute Gasteiger partial charge is 0.481 e. The molecule has 0 fully saturated rings. The van der Waals surface area contributed by atoms with Gasteiger partial charge in [-0.2, -0.15) is 8.42 Å². The first-order chi connectivity index (χ1) is 7.13. The van der Waals surface area contributed by atoms with Crippen molar-refractivity contribution in [3.05, 3.63) is 0 Å². The fourth-order valence-electron chi connectivity index (χ4n) is 0.729. The Morgan fingerprint density at radius 3 is 1.38 bits per heavy atom. The standard InChI is InChI=1S/C7H12O4.CH4O3S/c8-6(9)4-2-1-3-5-7(10)11;1-5(2,3)4/h1-5H2,(H,8,9)(H,10,11);1H3,(H,2,3,4). The highest BCUT2D eigenvalue weighted by Gasteiger charge is 1.98. The normalized spacial score (nSPS) is 10.1. The van der Waals surface area contributed by atoms with Crippen molar-refractivity contribution in [2.45, 2.75) is 32.1 Å². The molecule has 0 aliphatic rings. The molecule has 96 valence electrons. The maximum absolute atomic E-state index is 9.98. The summed E-state index contributed by atoms with van der Waals surface area (Å²) in [5.74, 6) is -1.64. The average molecular weight is 256 g/mol. The molecule has 0 unspecified atom stereocenters. The molecule has 0 saturated carbocycles. The molecule has 0 aliphatic heterocycles. The van der Waals surface area contributed by atoms with Crippen molar-refractivity contribution in [2.24, 2.45) is 0 Å². The van der Waals surface area contributed by atoms with Crippen LogP contribution in [0.15, 0.2) is 0 Å². The molecule has 3 N–H and O–H groups in total. The summed E-state index contributed by atoms with van der Waals surface area (Å²) in [6, 6.07) is 0. The number of carboxylic acids is 2. The molecule has 0 aromatic rings. The van der Waals surface area contributed by atoms with Crippen molar-refractivity contribution in [2.75, 3.05) is 6.26 Å². The molecule has 0 aromatic heterocycles. The number of carbonyl (C=O) groups is 2. The Morgan fingerprint density at radius 2 is 1.19 bits per heavy atom. The van der Waals surface area contributed by atoms with Gasteiger partial charge < -0.3 is 10.2 Å². The van der Waals surface area contributed by atoms with Crippen LogP contribution >= 0.6 is 0 Å². The van der Waals surface area contributed by atoms with E-state index in [1.807, 2.05) is 0 Å². The number of hydrogen-bond donors (Lipinski definition) is 3. The van der Waals surface area contributed by atoms with Gasteiger partial charge in [-0.15, -0.1) is 0 Å². The molecule has 0 heterocycles. The van der Waals surface area contributed by atoms with Crippen molar-refractivity contribution >= 4 is 22.1 Å². The second kappa shape index (κ2) is 9.10. The van der Waals surface area contributed by atoms with E-state index in [1.54, 1.807) is 0 Å². The Labute approximate surface area is 93.8 Å². The third kappa shape index (κ3) is 38.5. The topological polar surface area (TPSA) is 129 Å². The molecule has 0 radical (unpaired) electrons. The van der Waals surface area contributed by atoms with E-state index in [2.05, 4.69) is 0 Å². The van der Waals surface area contributed by atoms with Crippen molar-refractivity contribution in [1.82, 2.24) is 0 Å².